The van der Waals surface area contributed by atoms with Crippen LogP contribution in [0.15, 0.2) is 40.8 Å². The standard InChI is InChI=1S/C11H10N2OS/c1-14-10-5-3-2-4-9(10)8-13-11-12-6-7-15-11/h2-8H,1H3. The number of benzene rings is 1. The van der Waals surface area contributed by atoms with Gasteiger partial charge in [-0.25, -0.2) is 9.98 Å². The summed E-state index contributed by atoms with van der Waals surface area (Å²) in [7, 11) is 1.65. The average Bonchev–Trinajstić information content (AvgIpc) is 2.79. The molecule has 0 amide bonds. The minimum Gasteiger partial charge on any atom is -0.496 e. The van der Waals surface area contributed by atoms with E-state index in [1.165, 1.54) is 11.3 Å². The second-order valence-electron chi connectivity index (χ2n) is 2.81. The first-order chi connectivity index (χ1) is 7.40. The molecule has 1 aromatic heterocycles. The maximum atomic E-state index is 5.21. The van der Waals surface area contributed by atoms with E-state index in [9.17, 15) is 0 Å². The summed E-state index contributed by atoms with van der Waals surface area (Å²) in [6.45, 7) is 0. The van der Waals surface area contributed by atoms with Crippen LogP contribution in [0.25, 0.3) is 0 Å². The van der Waals surface area contributed by atoms with Crippen molar-refractivity contribution < 1.29 is 4.74 Å². The Morgan fingerprint density at radius 1 is 1.40 bits per heavy atom. The quantitative estimate of drug-likeness (QED) is 0.742. The third-order valence-electron chi connectivity index (χ3n) is 1.87. The van der Waals surface area contributed by atoms with Gasteiger partial charge in [-0.3, -0.25) is 0 Å². The molecule has 0 fully saturated rings. The van der Waals surface area contributed by atoms with Gasteiger partial charge in [-0.2, -0.15) is 0 Å². The maximum Gasteiger partial charge on any atom is 0.209 e. The van der Waals surface area contributed by atoms with Gasteiger partial charge in [0.15, 0.2) is 0 Å². The number of ether oxygens (including phenoxy) is 1. The smallest absolute Gasteiger partial charge is 0.209 e. The van der Waals surface area contributed by atoms with E-state index in [1.807, 2.05) is 29.6 Å². The highest BCUT2D eigenvalue weighted by molar-refractivity contribution is 7.13. The van der Waals surface area contributed by atoms with E-state index in [0.717, 1.165) is 16.4 Å². The largest absolute Gasteiger partial charge is 0.496 e. The molecule has 76 valence electrons. The number of methoxy groups -OCH3 is 1. The molecule has 0 N–H and O–H groups in total. The molecule has 0 aliphatic rings. The number of nitrogens with zero attached hydrogens (tertiary/aromatic N) is 2. The highest BCUT2D eigenvalue weighted by Gasteiger charge is 1.97. The molecule has 0 radical (unpaired) electrons. The monoisotopic (exact) mass is 218 g/mol. The summed E-state index contributed by atoms with van der Waals surface area (Å²) in [6, 6.07) is 7.74. The minimum atomic E-state index is 0.751. The van der Waals surface area contributed by atoms with Crippen LogP contribution in [0.2, 0.25) is 0 Å². The fraction of sp³-hybridized carbons (Fsp3) is 0.0909. The van der Waals surface area contributed by atoms with E-state index < -0.39 is 0 Å². The average molecular weight is 218 g/mol. The Hall–Kier alpha value is -1.68. The Morgan fingerprint density at radius 3 is 3.00 bits per heavy atom. The van der Waals surface area contributed by atoms with Crippen LogP contribution in [-0.4, -0.2) is 18.3 Å². The molecule has 0 atom stereocenters. The van der Waals surface area contributed by atoms with Gasteiger partial charge in [0.1, 0.15) is 5.75 Å². The molecule has 0 unspecified atom stereocenters. The summed E-state index contributed by atoms with van der Waals surface area (Å²) in [4.78, 5) is 8.31. The SMILES string of the molecule is COc1ccccc1C=Nc1nccs1. The second-order valence-corrected chi connectivity index (χ2v) is 3.69. The molecular weight excluding hydrogens is 208 g/mol. The molecule has 0 aliphatic carbocycles. The highest BCUT2D eigenvalue weighted by atomic mass is 32.1. The number of thiazole rings is 1. The number of para-hydroxylation sites is 1. The van der Waals surface area contributed by atoms with Crippen molar-refractivity contribution in [2.24, 2.45) is 4.99 Å². The maximum absolute atomic E-state index is 5.21. The molecule has 0 saturated heterocycles. The Morgan fingerprint density at radius 2 is 2.27 bits per heavy atom. The molecule has 0 bridgehead atoms. The minimum absolute atomic E-state index is 0.751. The molecule has 0 spiro atoms. The van der Waals surface area contributed by atoms with Crippen molar-refractivity contribution in [2.75, 3.05) is 7.11 Å². The van der Waals surface area contributed by atoms with E-state index in [4.69, 9.17) is 4.74 Å². The van der Waals surface area contributed by atoms with Crippen LogP contribution in [0.3, 0.4) is 0 Å². The first-order valence-electron chi connectivity index (χ1n) is 4.47. The first-order valence-corrected chi connectivity index (χ1v) is 5.34. The normalized spacial score (nSPS) is 10.7. The topological polar surface area (TPSA) is 34.5 Å². The molecule has 1 heterocycles. The number of aromatic nitrogens is 1. The number of aliphatic imine (C=N–C) groups is 1. The van der Waals surface area contributed by atoms with Gasteiger partial charge in [-0.1, -0.05) is 12.1 Å². The van der Waals surface area contributed by atoms with Gasteiger partial charge in [0, 0.05) is 23.4 Å². The summed E-state index contributed by atoms with van der Waals surface area (Å²) < 4.78 is 5.21. The molecule has 15 heavy (non-hydrogen) atoms. The van der Waals surface area contributed by atoms with Crippen LogP contribution in [0, 0.1) is 0 Å². The molecule has 0 saturated carbocycles. The third-order valence-corrected chi connectivity index (χ3v) is 2.55. The summed E-state index contributed by atoms with van der Waals surface area (Å²) in [5.41, 5.74) is 0.954. The molecule has 1 aromatic carbocycles. The Balaban J connectivity index is 2.24. The van der Waals surface area contributed by atoms with Crippen LogP contribution in [-0.2, 0) is 0 Å². The molecule has 4 heteroatoms. The Kier molecular flexibility index (Phi) is 3.09. The van der Waals surface area contributed by atoms with Gasteiger partial charge in [-0.05, 0) is 12.1 Å². The van der Waals surface area contributed by atoms with Gasteiger partial charge in [-0.15, -0.1) is 11.3 Å². The Bertz CT molecular complexity index is 451. The van der Waals surface area contributed by atoms with Crippen molar-refractivity contribution in [3.8, 4) is 5.75 Å². The number of rotatable bonds is 3. The zero-order chi connectivity index (χ0) is 10.5. The molecule has 0 aliphatic heterocycles. The molecule has 2 aromatic rings. The van der Waals surface area contributed by atoms with E-state index >= 15 is 0 Å². The first kappa shape index (κ1) is 9.86. The molecule has 2 rings (SSSR count). The van der Waals surface area contributed by atoms with Crippen molar-refractivity contribution >= 4 is 22.7 Å². The highest BCUT2D eigenvalue weighted by Crippen LogP contribution is 2.18. The van der Waals surface area contributed by atoms with Crippen LogP contribution in [0.4, 0.5) is 5.13 Å². The predicted octanol–water partition coefficient (Wildman–Crippen LogP) is 2.90. The van der Waals surface area contributed by atoms with Crippen molar-refractivity contribution in [1.29, 1.82) is 0 Å². The van der Waals surface area contributed by atoms with E-state index in [0.29, 0.717) is 0 Å². The fourth-order valence-corrected chi connectivity index (χ4v) is 1.66. The zero-order valence-corrected chi connectivity index (χ0v) is 9.07. The van der Waals surface area contributed by atoms with Gasteiger partial charge >= 0.3 is 0 Å². The third kappa shape index (κ3) is 2.41. The van der Waals surface area contributed by atoms with E-state index in [2.05, 4.69) is 9.98 Å². The fourth-order valence-electron chi connectivity index (χ4n) is 1.18. The Labute approximate surface area is 92.1 Å². The lowest BCUT2D eigenvalue weighted by Crippen LogP contribution is -1.89. The second kappa shape index (κ2) is 4.70. The van der Waals surface area contributed by atoms with E-state index in [-0.39, 0.29) is 0 Å². The lowest BCUT2D eigenvalue weighted by Gasteiger charge is -2.01. The summed E-state index contributed by atoms with van der Waals surface area (Å²) >= 11 is 1.51. The van der Waals surface area contributed by atoms with Gasteiger partial charge in [0.2, 0.25) is 5.13 Å². The summed E-state index contributed by atoms with van der Waals surface area (Å²) in [5, 5.41) is 2.65. The summed E-state index contributed by atoms with van der Waals surface area (Å²) in [6.07, 6.45) is 3.50. The van der Waals surface area contributed by atoms with Crippen LogP contribution in [0.5, 0.6) is 5.75 Å². The van der Waals surface area contributed by atoms with Gasteiger partial charge in [0.25, 0.3) is 0 Å². The number of hydrogen-bond donors (Lipinski definition) is 0. The van der Waals surface area contributed by atoms with Gasteiger partial charge in [0.05, 0.1) is 7.11 Å². The van der Waals surface area contributed by atoms with Crippen molar-refractivity contribution in [2.45, 2.75) is 0 Å². The lowest BCUT2D eigenvalue weighted by atomic mass is 10.2. The van der Waals surface area contributed by atoms with Crippen LogP contribution in [0.1, 0.15) is 5.56 Å². The number of hydrogen-bond acceptors (Lipinski definition) is 4. The lowest BCUT2D eigenvalue weighted by molar-refractivity contribution is 0.414. The predicted molar refractivity (Wildman–Crippen MR) is 62.4 cm³/mol. The van der Waals surface area contributed by atoms with Crippen LogP contribution < -0.4 is 4.74 Å². The van der Waals surface area contributed by atoms with E-state index in [1.54, 1.807) is 19.5 Å². The molecular formula is C11H10N2OS. The van der Waals surface area contributed by atoms with Crippen LogP contribution >= 0.6 is 11.3 Å². The van der Waals surface area contributed by atoms with Crippen molar-refractivity contribution in [3.05, 3.63) is 41.4 Å². The summed E-state index contributed by atoms with van der Waals surface area (Å²) in [5.74, 6) is 0.817. The van der Waals surface area contributed by atoms with Crippen molar-refractivity contribution in [1.82, 2.24) is 4.98 Å². The zero-order valence-electron chi connectivity index (χ0n) is 8.25. The van der Waals surface area contributed by atoms with Gasteiger partial charge < -0.3 is 4.74 Å². The molecule has 3 nitrogen and oxygen atoms in total. The van der Waals surface area contributed by atoms with Crippen molar-refractivity contribution in [3.63, 3.8) is 0 Å².